The minimum absolute atomic E-state index is 0.676. The second kappa shape index (κ2) is 3.35. The number of nitrogens with zero attached hydrogens (tertiary/aromatic N) is 1. The Kier molecular flexibility index (Phi) is 2.17. The van der Waals surface area contributed by atoms with E-state index in [9.17, 15) is 0 Å². The molecule has 0 spiro atoms. The van der Waals surface area contributed by atoms with E-state index in [0.717, 1.165) is 16.8 Å². The number of hydrogen-bond donors (Lipinski definition) is 2. The van der Waals surface area contributed by atoms with Gasteiger partial charge in [0.15, 0.2) is 0 Å². The predicted octanol–water partition coefficient (Wildman–Crippen LogP) is 2.62. The molecule has 3 N–H and O–H groups in total. The van der Waals surface area contributed by atoms with Crippen LogP contribution in [0.15, 0.2) is 24.4 Å². The van der Waals surface area contributed by atoms with Crippen LogP contribution in [0.25, 0.3) is 11.1 Å². The molecule has 72 valence electrons. The van der Waals surface area contributed by atoms with Crippen LogP contribution >= 0.6 is 11.6 Å². The Hall–Kier alpha value is -1.48. The summed E-state index contributed by atoms with van der Waals surface area (Å²) in [5, 5.41) is 7.49. The highest BCUT2D eigenvalue weighted by Gasteiger charge is 2.07. The third kappa shape index (κ3) is 1.46. The molecule has 14 heavy (non-hydrogen) atoms. The Bertz CT molecular complexity index is 462. The molecule has 4 heteroatoms. The van der Waals surface area contributed by atoms with Gasteiger partial charge in [0.1, 0.15) is 0 Å². The largest absolute Gasteiger partial charge is 0.398 e. The number of halogens is 1. The van der Waals surface area contributed by atoms with Gasteiger partial charge in [-0.05, 0) is 25.1 Å². The third-order valence-corrected chi connectivity index (χ3v) is 2.37. The van der Waals surface area contributed by atoms with Crippen LogP contribution in [0.4, 0.5) is 5.69 Å². The van der Waals surface area contributed by atoms with Gasteiger partial charge < -0.3 is 5.73 Å². The van der Waals surface area contributed by atoms with Crippen LogP contribution in [0.5, 0.6) is 0 Å². The number of anilines is 1. The Balaban J connectivity index is 2.62. The second-order valence-corrected chi connectivity index (χ2v) is 3.58. The Morgan fingerprint density at radius 1 is 1.36 bits per heavy atom. The van der Waals surface area contributed by atoms with Crippen LogP contribution in [-0.4, -0.2) is 10.2 Å². The summed E-state index contributed by atoms with van der Waals surface area (Å²) in [6, 6.07) is 5.41. The lowest BCUT2D eigenvalue weighted by molar-refractivity contribution is 1.05. The molecule has 1 heterocycles. The minimum atomic E-state index is 0.676. The molecule has 3 nitrogen and oxygen atoms in total. The van der Waals surface area contributed by atoms with Crippen molar-refractivity contribution in [3.63, 3.8) is 0 Å². The van der Waals surface area contributed by atoms with E-state index in [1.54, 1.807) is 18.3 Å². The number of nitrogens with two attached hydrogens (primary N) is 1. The molecule has 0 aliphatic heterocycles. The van der Waals surface area contributed by atoms with Gasteiger partial charge in [-0.15, -0.1) is 0 Å². The Morgan fingerprint density at radius 2 is 2.14 bits per heavy atom. The molecule has 0 saturated carbocycles. The summed E-state index contributed by atoms with van der Waals surface area (Å²) < 4.78 is 0. The van der Waals surface area contributed by atoms with Crippen molar-refractivity contribution in [2.45, 2.75) is 6.92 Å². The highest BCUT2D eigenvalue weighted by Crippen LogP contribution is 2.29. The zero-order chi connectivity index (χ0) is 10.1. The molecule has 0 unspecified atom stereocenters. The van der Waals surface area contributed by atoms with Gasteiger partial charge >= 0.3 is 0 Å². The quantitative estimate of drug-likeness (QED) is 0.707. The number of nitrogens with one attached hydrogen (secondary N) is 1. The molecule has 0 saturated heterocycles. The van der Waals surface area contributed by atoms with Crippen molar-refractivity contribution < 1.29 is 0 Å². The van der Waals surface area contributed by atoms with E-state index in [0.29, 0.717) is 10.7 Å². The van der Waals surface area contributed by atoms with Crippen molar-refractivity contribution in [3.8, 4) is 11.1 Å². The van der Waals surface area contributed by atoms with Gasteiger partial charge in [0.2, 0.25) is 0 Å². The van der Waals surface area contributed by atoms with Gasteiger partial charge in [0.05, 0.1) is 6.20 Å². The fraction of sp³-hybridized carbons (Fsp3) is 0.100. The monoisotopic (exact) mass is 207 g/mol. The van der Waals surface area contributed by atoms with Crippen molar-refractivity contribution in [1.29, 1.82) is 0 Å². The van der Waals surface area contributed by atoms with E-state index in [4.69, 9.17) is 17.3 Å². The van der Waals surface area contributed by atoms with Gasteiger partial charge in [-0.25, -0.2) is 0 Å². The molecule has 0 amide bonds. The van der Waals surface area contributed by atoms with Crippen LogP contribution in [-0.2, 0) is 0 Å². The number of aromatic nitrogens is 2. The average molecular weight is 208 g/mol. The number of hydrogen-bond acceptors (Lipinski definition) is 2. The molecular weight excluding hydrogens is 198 g/mol. The van der Waals surface area contributed by atoms with Crippen LogP contribution in [0.3, 0.4) is 0 Å². The maximum Gasteiger partial charge on any atom is 0.0569 e. The van der Waals surface area contributed by atoms with Gasteiger partial charge in [-0.3, -0.25) is 5.10 Å². The average Bonchev–Trinajstić information content (AvgIpc) is 2.56. The molecule has 0 aliphatic rings. The first-order chi connectivity index (χ1) is 6.68. The maximum atomic E-state index is 5.90. The van der Waals surface area contributed by atoms with E-state index in [2.05, 4.69) is 10.2 Å². The molecule has 2 aromatic rings. The molecule has 0 radical (unpaired) electrons. The SMILES string of the molecule is Cc1[nH]ncc1-c1cc(Cl)ccc1N. The Morgan fingerprint density at radius 3 is 2.79 bits per heavy atom. The number of benzene rings is 1. The van der Waals surface area contributed by atoms with E-state index < -0.39 is 0 Å². The highest BCUT2D eigenvalue weighted by molar-refractivity contribution is 6.31. The van der Waals surface area contributed by atoms with E-state index in [-0.39, 0.29) is 0 Å². The Labute approximate surface area is 86.9 Å². The van der Waals surface area contributed by atoms with Gasteiger partial charge in [0.25, 0.3) is 0 Å². The van der Waals surface area contributed by atoms with Crippen LogP contribution < -0.4 is 5.73 Å². The lowest BCUT2D eigenvalue weighted by Gasteiger charge is -2.04. The van der Waals surface area contributed by atoms with E-state index in [1.165, 1.54) is 0 Å². The normalized spacial score (nSPS) is 10.4. The summed E-state index contributed by atoms with van der Waals surface area (Å²) in [4.78, 5) is 0. The van der Waals surface area contributed by atoms with Crippen molar-refractivity contribution in [2.24, 2.45) is 0 Å². The zero-order valence-corrected chi connectivity index (χ0v) is 8.47. The fourth-order valence-corrected chi connectivity index (χ4v) is 1.56. The summed E-state index contributed by atoms with van der Waals surface area (Å²) in [5.41, 5.74) is 9.45. The number of rotatable bonds is 1. The maximum absolute atomic E-state index is 5.90. The lowest BCUT2D eigenvalue weighted by atomic mass is 10.1. The highest BCUT2D eigenvalue weighted by atomic mass is 35.5. The first-order valence-corrected chi connectivity index (χ1v) is 4.61. The van der Waals surface area contributed by atoms with E-state index >= 15 is 0 Å². The topological polar surface area (TPSA) is 54.7 Å². The molecule has 0 fully saturated rings. The molecule has 2 rings (SSSR count). The van der Waals surface area contributed by atoms with Gasteiger partial charge in [0, 0.05) is 27.5 Å². The fourth-order valence-electron chi connectivity index (χ4n) is 1.38. The van der Waals surface area contributed by atoms with Crippen molar-refractivity contribution in [2.75, 3.05) is 5.73 Å². The van der Waals surface area contributed by atoms with Crippen molar-refractivity contribution in [1.82, 2.24) is 10.2 Å². The summed E-state index contributed by atoms with van der Waals surface area (Å²) in [6.45, 7) is 1.95. The predicted molar refractivity (Wildman–Crippen MR) is 58.2 cm³/mol. The lowest BCUT2D eigenvalue weighted by Crippen LogP contribution is -1.89. The molecule has 1 aromatic heterocycles. The summed E-state index contributed by atoms with van der Waals surface area (Å²) in [7, 11) is 0. The zero-order valence-electron chi connectivity index (χ0n) is 7.71. The van der Waals surface area contributed by atoms with Crippen LogP contribution in [0.1, 0.15) is 5.69 Å². The first kappa shape index (κ1) is 9.09. The standard InChI is InChI=1S/C10H10ClN3/c1-6-9(5-13-14-6)8-4-7(11)2-3-10(8)12/h2-5H,12H2,1H3,(H,13,14). The summed E-state index contributed by atoms with van der Waals surface area (Å²) in [5.74, 6) is 0. The first-order valence-electron chi connectivity index (χ1n) is 4.24. The number of aryl methyl sites for hydroxylation is 1. The smallest absolute Gasteiger partial charge is 0.0569 e. The second-order valence-electron chi connectivity index (χ2n) is 3.14. The van der Waals surface area contributed by atoms with Crippen LogP contribution in [0, 0.1) is 6.92 Å². The molecular formula is C10H10ClN3. The van der Waals surface area contributed by atoms with Crippen LogP contribution in [0.2, 0.25) is 5.02 Å². The summed E-state index contributed by atoms with van der Waals surface area (Å²) >= 11 is 5.90. The molecule has 1 aromatic carbocycles. The van der Waals surface area contributed by atoms with Gasteiger partial charge in [-0.1, -0.05) is 11.6 Å². The molecule has 0 atom stereocenters. The van der Waals surface area contributed by atoms with Gasteiger partial charge in [-0.2, -0.15) is 5.10 Å². The molecule has 0 bridgehead atoms. The number of nitrogen functional groups attached to an aromatic ring is 1. The molecule has 0 aliphatic carbocycles. The van der Waals surface area contributed by atoms with E-state index in [1.807, 2.05) is 13.0 Å². The third-order valence-electron chi connectivity index (χ3n) is 2.14. The van der Waals surface area contributed by atoms with Crippen molar-refractivity contribution >= 4 is 17.3 Å². The number of H-pyrrole nitrogens is 1. The number of aromatic amines is 1. The van der Waals surface area contributed by atoms with Crippen molar-refractivity contribution in [3.05, 3.63) is 35.1 Å². The minimum Gasteiger partial charge on any atom is -0.398 e. The summed E-state index contributed by atoms with van der Waals surface area (Å²) in [6.07, 6.45) is 1.75.